The number of aliphatic carboxylic acids is 1. The molecule has 2 N–H and O–H groups in total. The number of hydrogen-bond donors (Lipinski definition) is 2. The molecule has 10 heteroatoms. The van der Waals surface area contributed by atoms with Gasteiger partial charge in [0, 0.05) is 43.0 Å². The molecule has 0 amide bonds. The van der Waals surface area contributed by atoms with Gasteiger partial charge in [0.15, 0.2) is 11.6 Å². The highest BCUT2D eigenvalue weighted by molar-refractivity contribution is 6.29. The number of piperidine rings is 1. The highest BCUT2D eigenvalue weighted by atomic mass is 35.5. The van der Waals surface area contributed by atoms with Crippen molar-refractivity contribution in [2.24, 2.45) is 5.92 Å². The summed E-state index contributed by atoms with van der Waals surface area (Å²) >= 11 is 5.86. The monoisotopic (exact) mass is 496 g/mol. The number of pyridine rings is 2. The van der Waals surface area contributed by atoms with Crippen LogP contribution in [0.3, 0.4) is 0 Å². The van der Waals surface area contributed by atoms with Gasteiger partial charge in [-0.15, -0.1) is 0 Å². The number of carboxylic acids is 1. The van der Waals surface area contributed by atoms with Crippen LogP contribution in [-0.2, 0) is 9.53 Å². The summed E-state index contributed by atoms with van der Waals surface area (Å²) in [6, 6.07) is 7.57. The fourth-order valence-corrected chi connectivity index (χ4v) is 5.07. The Morgan fingerprint density at radius 2 is 1.71 bits per heavy atom. The highest BCUT2D eigenvalue weighted by Gasteiger charge is 2.28. The van der Waals surface area contributed by atoms with E-state index in [0.717, 1.165) is 68.6 Å². The summed E-state index contributed by atoms with van der Waals surface area (Å²) in [7, 11) is 0. The Labute approximate surface area is 208 Å². The van der Waals surface area contributed by atoms with Crippen molar-refractivity contribution in [3.63, 3.8) is 0 Å². The van der Waals surface area contributed by atoms with Crippen molar-refractivity contribution in [2.45, 2.75) is 57.2 Å². The molecule has 1 saturated heterocycles. The van der Waals surface area contributed by atoms with Gasteiger partial charge in [-0.3, -0.25) is 9.89 Å². The molecule has 0 radical (unpaired) electrons. The summed E-state index contributed by atoms with van der Waals surface area (Å²) in [5.74, 6) is 1.77. The molecule has 3 aromatic heterocycles. The van der Waals surface area contributed by atoms with Crippen molar-refractivity contribution in [1.82, 2.24) is 25.1 Å². The zero-order chi connectivity index (χ0) is 24.2. The van der Waals surface area contributed by atoms with Crippen LogP contribution >= 0.6 is 11.6 Å². The number of nitrogens with one attached hydrogen (secondary N) is 1. The fraction of sp³-hybridized carbons (Fsp3) is 0.480. The molecule has 0 atom stereocenters. The van der Waals surface area contributed by atoms with E-state index in [2.05, 4.69) is 30.0 Å². The molecule has 5 rings (SSSR count). The smallest absolute Gasteiger partial charge is 0.303 e. The Balaban J connectivity index is 1.11. The average Bonchev–Trinajstić information content (AvgIpc) is 3.36. The summed E-state index contributed by atoms with van der Waals surface area (Å²) in [6.45, 7) is 1.81. The predicted molar refractivity (Wildman–Crippen MR) is 132 cm³/mol. The van der Waals surface area contributed by atoms with Crippen molar-refractivity contribution in [1.29, 1.82) is 0 Å². The lowest BCUT2D eigenvalue weighted by Crippen LogP contribution is -2.39. The zero-order valence-corrected chi connectivity index (χ0v) is 20.2. The number of ether oxygens (including phenoxy) is 1. The number of halogens is 1. The molecule has 2 fully saturated rings. The van der Waals surface area contributed by atoms with Crippen molar-refractivity contribution in [2.75, 3.05) is 18.0 Å². The molecule has 1 saturated carbocycles. The van der Waals surface area contributed by atoms with Crippen molar-refractivity contribution in [3.05, 3.63) is 41.8 Å². The number of aromatic nitrogens is 5. The molecule has 1 aliphatic carbocycles. The minimum Gasteiger partial charge on any atom is -0.481 e. The summed E-state index contributed by atoms with van der Waals surface area (Å²) in [5.41, 5.74) is 1.66. The van der Waals surface area contributed by atoms with Gasteiger partial charge in [-0.05, 0) is 68.7 Å². The normalized spacial score (nSPS) is 21.2. The zero-order valence-electron chi connectivity index (χ0n) is 19.4. The first-order valence-electron chi connectivity index (χ1n) is 12.2. The largest absolute Gasteiger partial charge is 0.481 e. The molecule has 2 aliphatic rings. The first-order valence-corrected chi connectivity index (χ1v) is 12.5. The number of hydrogen-bond acceptors (Lipinski definition) is 7. The van der Waals surface area contributed by atoms with E-state index in [1.165, 1.54) is 0 Å². The fourth-order valence-electron chi connectivity index (χ4n) is 4.95. The van der Waals surface area contributed by atoms with Crippen LogP contribution < -0.4 is 4.90 Å². The quantitative estimate of drug-likeness (QED) is 0.456. The van der Waals surface area contributed by atoms with E-state index in [0.29, 0.717) is 22.7 Å². The predicted octanol–water partition coefficient (Wildman–Crippen LogP) is 4.60. The van der Waals surface area contributed by atoms with Crippen LogP contribution in [0.1, 0.15) is 44.9 Å². The Hall–Kier alpha value is -3.04. The van der Waals surface area contributed by atoms with Gasteiger partial charge in [-0.25, -0.2) is 15.0 Å². The second-order valence-electron chi connectivity index (χ2n) is 9.35. The molecule has 0 aromatic carbocycles. The van der Waals surface area contributed by atoms with Crippen LogP contribution in [-0.4, -0.2) is 61.5 Å². The average molecular weight is 497 g/mol. The molecule has 3 aromatic rings. The van der Waals surface area contributed by atoms with Gasteiger partial charge in [0.2, 0.25) is 0 Å². The molecule has 1 aliphatic heterocycles. The highest BCUT2D eigenvalue weighted by Crippen LogP contribution is 2.31. The van der Waals surface area contributed by atoms with E-state index >= 15 is 0 Å². The van der Waals surface area contributed by atoms with Gasteiger partial charge in [0.05, 0.1) is 12.2 Å². The molecule has 0 unspecified atom stereocenters. The molecule has 4 heterocycles. The van der Waals surface area contributed by atoms with Crippen LogP contribution in [0.2, 0.25) is 5.15 Å². The van der Waals surface area contributed by atoms with Gasteiger partial charge in [0.25, 0.3) is 0 Å². The third-order valence-corrected chi connectivity index (χ3v) is 7.12. The van der Waals surface area contributed by atoms with Crippen molar-refractivity contribution >= 4 is 23.4 Å². The van der Waals surface area contributed by atoms with Crippen LogP contribution in [0, 0.1) is 5.92 Å². The van der Waals surface area contributed by atoms with Crippen molar-refractivity contribution in [3.8, 4) is 22.8 Å². The Morgan fingerprint density at radius 3 is 2.37 bits per heavy atom. The molecule has 9 nitrogen and oxygen atoms in total. The maximum atomic E-state index is 10.9. The first-order chi connectivity index (χ1) is 17.0. The molecule has 184 valence electrons. The van der Waals surface area contributed by atoms with E-state index < -0.39 is 5.97 Å². The van der Waals surface area contributed by atoms with Crippen LogP contribution in [0.5, 0.6) is 0 Å². The molecule has 0 bridgehead atoms. The Kier molecular flexibility index (Phi) is 7.24. The number of aromatic amines is 1. The third-order valence-electron chi connectivity index (χ3n) is 6.90. The SMILES string of the molecule is O=C(O)CC1CCC(OC2CCN(c3ccc(-c4n[nH]c(-c5ccc(Cl)nc5)n4)cn3)CC2)CC1. The topological polar surface area (TPSA) is 117 Å². The lowest BCUT2D eigenvalue weighted by Gasteiger charge is -2.36. The van der Waals surface area contributed by atoms with Gasteiger partial charge < -0.3 is 14.7 Å². The second kappa shape index (κ2) is 10.7. The second-order valence-corrected chi connectivity index (χ2v) is 9.73. The van der Waals surface area contributed by atoms with Crippen LogP contribution in [0.15, 0.2) is 36.7 Å². The minimum atomic E-state index is -0.691. The van der Waals surface area contributed by atoms with E-state index in [4.69, 9.17) is 21.4 Å². The van der Waals surface area contributed by atoms with Crippen molar-refractivity contribution < 1.29 is 14.6 Å². The first kappa shape index (κ1) is 23.7. The Bertz CT molecular complexity index is 1120. The maximum absolute atomic E-state index is 10.9. The lowest BCUT2D eigenvalue weighted by atomic mass is 9.85. The third kappa shape index (κ3) is 5.97. The number of H-pyrrole nitrogens is 1. The molecule has 0 spiro atoms. The Morgan fingerprint density at radius 1 is 1.00 bits per heavy atom. The molecular formula is C25H29ClN6O3. The van der Waals surface area contributed by atoms with E-state index in [1.807, 2.05) is 18.2 Å². The molecular weight excluding hydrogens is 468 g/mol. The van der Waals surface area contributed by atoms with E-state index in [9.17, 15) is 4.79 Å². The van der Waals surface area contributed by atoms with Crippen LogP contribution in [0.25, 0.3) is 22.8 Å². The number of carbonyl (C=O) groups is 1. The van der Waals surface area contributed by atoms with Gasteiger partial charge in [0.1, 0.15) is 11.0 Å². The maximum Gasteiger partial charge on any atom is 0.303 e. The summed E-state index contributed by atoms with van der Waals surface area (Å²) in [5, 5.41) is 16.7. The van der Waals surface area contributed by atoms with E-state index in [-0.39, 0.29) is 18.6 Å². The minimum absolute atomic E-state index is 0.264. The van der Waals surface area contributed by atoms with E-state index in [1.54, 1.807) is 18.5 Å². The van der Waals surface area contributed by atoms with Gasteiger partial charge >= 0.3 is 5.97 Å². The number of carboxylic acid groups (broad SMARTS) is 1. The summed E-state index contributed by atoms with van der Waals surface area (Å²) in [4.78, 5) is 26.5. The number of nitrogens with zero attached hydrogens (tertiary/aromatic N) is 5. The number of anilines is 1. The van der Waals surface area contributed by atoms with Crippen LogP contribution in [0.4, 0.5) is 5.82 Å². The standard InChI is InChI=1S/C25H29ClN6O3/c26-21-7-3-17(14-27-21)24-29-25(31-30-24)18-4-8-22(28-15-18)32-11-9-20(10-12-32)35-19-5-1-16(2-6-19)13-23(33)34/h3-4,7-8,14-16,19-20H,1-2,5-6,9-13H2,(H,33,34)(H,29,30,31). The number of rotatable bonds is 7. The van der Waals surface area contributed by atoms with Gasteiger partial charge in [-0.1, -0.05) is 11.6 Å². The lowest BCUT2D eigenvalue weighted by molar-refractivity contribution is -0.138. The van der Waals surface area contributed by atoms with Gasteiger partial charge in [-0.2, -0.15) is 5.10 Å². The summed E-state index contributed by atoms with van der Waals surface area (Å²) < 4.78 is 6.37. The molecule has 35 heavy (non-hydrogen) atoms. The summed E-state index contributed by atoms with van der Waals surface area (Å²) in [6.07, 6.45) is 10.1.